The van der Waals surface area contributed by atoms with E-state index in [1.165, 1.54) is 30.6 Å². The van der Waals surface area contributed by atoms with Gasteiger partial charge in [0.05, 0.1) is 18.4 Å². The highest BCUT2D eigenvalue weighted by molar-refractivity contribution is 7.98. The van der Waals surface area contributed by atoms with Crippen LogP contribution in [0.5, 0.6) is 0 Å². The van der Waals surface area contributed by atoms with Crippen molar-refractivity contribution < 1.29 is 27.8 Å². The Kier molecular flexibility index (Phi) is 9.26. The Labute approximate surface area is 187 Å². The van der Waals surface area contributed by atoms with E-state index in [1.807, 2.05) is 36.6 Å². The minimum Gasteiger partial charge on any atom is -0.490 e. The maximum atomic E-state index is 12.8. The van der Waals surface area contributed by atoms with Crippen LogP contribution in [0.15, 0.2) is 71.4 Å². The van der Waals surface area contributed by atoms with Crippen LogP contribution < -0.4 is 5.32 Å². The normalized spacial score (nSPS) is 12.9. The Morgan fingerprint density at radius 2 is 2.06 bits per heavy atom. The van der Waals surface area contributed by atoms with Crippen molar-refractivity contribution >= 4 is 34.8 Å². The largest absolute Gasteiger partial charge is 0.490 e. The molecule has 1 aromatic heterocycles. The number of alkyl halides is 3. The summed E-state index contributed by atoms with van der Waals surface area (Å²) in [6.45, 7) is 0.214. The van der Waals surface area contributed by atoms with Gasteiger partial charge < -0.3 is 15.2 Å². The number of thiophene rings is 1. The average Bonchev–Trinajstić information content (AvgIpc) is 3.22. The number of carbonyl (C=O) groups is 1. The fraction of sp³-hybridized carbons (Fsp3) is 0.227. The maximum Gasteiger partial charge on any atom is 0.392 e. The number of benzene rings is 1. The minimum atomic E-state index is -4.31. The van der Waals surface area contributed by atoms with Crippen LogP contribution >= 0.6 is 23.1 Å². The van der Waals surface area contributed by atoms with Crippen LogP contribution in [0.3, 0.4) is 0 Å². The molecule has 0 unspecified atom stereocenters. The second kappa shape index (κ2) is 11.7. The molecule has 1 aromatic carbocycles. The van der Waals surface area contributed by atoms with Crippen LogP contribution in [-0.4, -0.2) is 37.2 Å². The Morgan fingerprint density at radius 1 is 1.29 bits per heavy atom. The molecule has 0 aliphatic rings. The van der Waals surface area contributed by atoms with Gasteiger partial charge in [-0.3, -0.25) is 0 Å². The molecule has 0 saturated carbocycles. The molecule has 0 saturated heterocycles. The van der Waals surface area contributed by atoms with E-state index < -0.39 is 18.6 Å². The molecule has 1 heterocycles. The standard InChI is InChI=1S/C22H22F3NO3S2/c1-29-18(21(27)28)8-3-4-13-26-17(11-12-22(23,24)25)20-10-9-19(31-20)15-6-5-7-16(14-15)30-2/h3-11,14,26H,12-13H2,1-2H3,(H,27,28)/b4-3+,17-11-,18-8-. The molecular weight excluding hydrogens is 447 g/mol. The molecule has 2 rings (SSSR count). The van der Waals surface area contributed by atoms with Crippen molar-refractivity contribution in [3.05, 3.63) is 71.3 Å². The van der Waals surface area contributed by atoms with E-state index in [0.717, 1.165) is 21.4 Å². The Morgan fingerprint density at radius 3 is 2.71 bits per heavy atom. The maximum absolute atomic E-state index is 12.8. The van der Waals surface area contributed by atoms with Gasteiger partial charge in [0.15, 0.2) is 0 Å². The molecular formula is C22H22F3NO3S2. The lowest BCUT2D eigenvalue weighted by Gasteiger charge is -2.09. The highest BCUT2D eigenvalue weighted by Gasteiger charge is 2.25. The zero-order chi connectivity index (χ0) is 22.9. The number of methoxy groups -OCH3 is 1. The Bertz CT molecular complexity index is 978. The molecule has 2 aromatic rings. The number of aliphatic carboxylic acids is 1. The molecule has 4 nitrogen and oxygen atoms in total. The second-order valence-electron chi connectivity index (χ2n) is 6.18. The average molecular weight is 470 g/mol. The van der Waals surface area contributed by atoms with Crippen LogP contribution in [0.1, 0.15) is 11.3 Å². The number of carboxylic acid groups (broad SMARTS) is 1. The fourth-order valence-corrected chi connectivity index (χ4v) is 3.99. The van der Waals surface area contributed by atoms with E-state index in [4.69, 9.17) is 9.84 Å². The van der Waals surface area contributed by atoms with Crippen molar-refractivity contribution in [2.24, 2.45) is 0 Å². The number of allylic oxidation sites excluding steroid dienone is 3. The van der Waals surface area contributed by atoms with Gasteiger partial charge in [0.25, 0.3) is 0 Å². The minimum absolute atomic E-state index is 0.214. The molecule has 31 heavy (non-hydrogen) atoms. The summed E-state index contributed by atoms with van der Waals surface area (Å²) in [5.74, 6) is -1.44. The number of thioether (sulfide) groups is 1. The molecule has 0 spiro atoms. The van der Waals surface area contributed by atoms with Gasteiger partial charge in [0.1, 0.15) is 0 Å². The quantitative estimate of drug-likeness (QED) is 0.188. The molecule has 0 fully saturated rings. The van der Waals surface area contributed by atoms with Crippen LogP contribution in [0.25, 0.3) is 16.1 Å². The number of ether oxygens (including phenoxy) is 1. The molecule has 9 heteroatoms. The number of nitrogens with one attached hydrogen (secondary N) is 1. The first kappa shape index (κ1) is 24.6. The van der Waals surface area contributed by atoms with Crippen LogP contribution in [0.4, 0.5) is 13.2 Å². The van der Waals surface area contributed by atoms with E-state index >= 15 is 0 Å². The first-order valence-electron chi connectivity index (χ1n) is 9.13. The number of hydrogen-bond donors (Lipinski definition) is 2. The summed E-state index contributed by atoms with van der Waals surface area (Å²) < 4.78 is 43.0. The van der Waals surface area contributed by atoms with E-state index in [9.17, 15) is 18.0 Å². The second-order valence-corrected chi connectivity index (χ2v) is 8.15. The van der Waals surface area contributed by atoms with E-state index in [1.54, 1.807) is 23.9 Å². The first-order valence-corrected chi connectivity index (χ1v) is 11.2. The molecule has 0 aliphatic heterocycles. The summed E-state index contributed by atoms with van der Waals surface area (Å²) in [4.78, 5) is 13.6. The first-order chi connectivity index (χ1) is 14.7. The lowest BCUT2D eigenvalue weighted by Crippen LogP contribution is -2.13. The highest BCUT2D eigenvalue weighted by Crippen LogP contribution is 2.33. The van der Waals surface area contributed by atoms with Gasteiger partial charge in [-0.2, -0.15) is 13.2 Å². The van der Waals surface area contributed by atoms with Gasteiger partial charge in [-0.25, -0.2) is 4.79 Å². The molecule has 0 amide bonds. The summed E-state index contributed by atoms with van der Waals surface area (Å²) in [6, 6.07) is 11.6. The van der Waals surface area contributed by atoms with Crippen molar-refractivity contribution in [1.29, 1.82) is 0 Å². The molecule has 166 valence electrons. The summed E-state index contributed by atoms with van der Waals surface area (Å²) in [5, 5.41) is 11.9. The van der Waals surface area contributed by atoms with Crippen molar-refractivity contribution in [2.45, 2.75) is 17.5 Å². The monoisotopic (exact) mass is 469 g/mol. The molecule has 0 bridgehead atoms. The summed E-state index contributed by atoms with van der Waals surface area (Å²) >= 11 is 3.02. The highest BCUT2D eigenvalue weighted by atomic mass is 32.2. The van der Waals surface area contributed by atoms with E-state index in [0.29, 0.717) is 10.6 Å². The SMILES string of the molecule is CO/C(=C\C=C\CN/C(=C\CC(F)(F)F)c1ccc(-c2cccc(SC)c2)s1)C(=O)O. The predicted octanol–water partition coefficient (Wildman–Crippen LogP) is 6.19. The van der Waals surface area contributed by atoms with Crippen molar-refractivity contribution in [1.82, 2.24) is 5.32 Å². The van der Waals surface area contributed by atoms with Crippen molar-refractivity contribution in [2.75, 3.05) is 19.9 Å². The number of halogens is 3. The number of hydrogen-bond acceptors (Lipinski definition) is 5. The molecule has 2 N–H and O–H groups in total. The third kappa shape index (κ3) is 8.18. The zero-order valence-electron chi connectivity index (χ0n) is 16.9. The third-order valence-corrected chi connectivity index (χ3v) is 5.88. The van der Waals surface area contributed by atoms with Gasteiger partial charge in [-0.15, -0.1) is 23.1 Å². The lowest BCUT2D eigenvalue weighted by atomic mass is 10.2. The fourth-order valence-electron chi connectivity index (χ4n) is 2.51. The van der Waals surface area contributed by atoms with Crippen molar-refractivity contribution in [3.8, 4) is 10.4 Å². The molecule has 0 atom stereocenters. The third-order valence-electron chi connectivity index (χ3n) is 3.99. The van der Waals surface area contributed by atoms with Crippen LogP contribution in [0, 0.1) is 0 Å². The lowest BCUT2D eigenvalue weighted by molar-refractivity contribution is -0.136. The van der Waals surface area contributed by atoms with Gasteiger partial charge in [-0.1, -0.05) is 30.4 Å². The summed E-state index contributed by atoms with van der Waals surface area (Å²) in [5.41, 5.74) is 1.37. The molecule has 0 aliphatic carbocycles. The predicted molar refractivity (Wildman–Crippen MR) is 120 cm³/mol. The van der Waals surface area contributed by atoms with Gasteiger partial charge in [-0.05, 0) is 42.2 Å². The van der Waals surface area contributed by atoms with E-state index in [2.05, 4.69) is 5.32 Å². The van der Waals surface area contributed by atoms with E-state index in [-0.39, 0.29) is 12.3 Å². The van der Waals surface area contributed by atoms with Crippen molar-refractivity contribution in [3.63, 3.8) is 0 Å². The van der Waals surface area contributed by atoms with Crippen LogP contribution in [-0.2, 0) is 9.53 Å². The summed E-state index contributed by atoms with van der Waals surface area (Å²) in [7, 11) is 1.24. The van der Waals surface area contributed by atoms with Gasteiger partial charge in [0.2, 0.25) is 5.76 Å². The van der Waals surface area contributed by atoms with Crippen LogP contribution in [0.2, 0.25) is 0 Å². The Hall–Kier alpha value is -2.65. The summed E-state index contributed by atoms with van der Waals surface area (Å²) in [6.07, 6.45) is 2.07. The number of rotatable bonds is 10. The zero-order valence-corrected chi connectivity index (χ0v) is 18.5. The smallest absolute Gasteiger partial charge is 0.392 e. The number of carboxylic acids is 1. The Balaban J connectivity index is 2.19. The van der Waals surface area contributed by atoms with Gasteiger partial charge in [0, 0.05) is 22.0 Å². The molecule has 0 radical (unpaired) electrons. The van der Waals surface area contributed by atoms with Gasteiger partial charge >= 0.3 is 12.1 Å². The topological polar surface area (TPSA) is 58.6 Å².